The summed E-state index contributed by atoms with van der Waals surface area (Å²) in [5, 5.41) is 9.40. The van der Waals surface area contributed by atoms with Gasteiger partial charge in [0, 0.05) is 5.41 Å². The Hall–Kier alpha value is -1.08. The highest BCUT2D eigenvalue weighted by Gasteiger charge is 2.32. The van der Waals surface area contributed by atoms with Crippen molar-refractivity contribution < 1.29 is 5.11 Å². The van der Waals surface area contributed by atoms with Crippen molar-refractivity contribution in [2.24, 2.45) is 5.41 Å². The van der Waals surface area contributed by atoms with Crippen LogP contribution in [0.3, 0.4) is 0 Å². The Morgan fingerprint density at radius 3 is 2.79 bits per heavy atom. The predicted octanol–water partition coefficient (Wildman–Crippen LogP) is 2.82. The van der Waals surface area contributed by atoms with E-state index in [1.807, 2.05) is 0 Å². The lowest BCUT2D eigenvalue weighted by Gasteiger charge is -2.35. The summed E-state index contributed by atoms with van der Waals surface area (Å²) in [5.74, 6) is 0.383. The monoisotopic (exact) mass is 188 g/mol. The van der Waals surface area contributed by atoms with E-state index in [4.69, 9.17) is 0 Å². The van der Waals surface area contributed by atoms with E-state index in [1.54, 1.807) is 0 Å². The fraction of sp³-hybridized carbons (Fsp3) is 0.385. The molecule has 0 fully saturated rings. The van der Waals surface area contributed by atoms with Crippen molar-refractivity contribution in [3.8, 4) is 0 Å². The fourth-order valence-corrected chi connectivity index (χ4v) is 2.03. The average molecular weight is 188 g/mol. The Morgan fingerprint density at radius 1 is 1.36 bits per heavy atom. The van der Waals surface area contributed by atoms with Crippen LogP contribution in [0.25, 0.3) is 6.08 Å². The Kier molecular flexibility index (Phi) is 2.20. The lowest BCUT2D eigenvalue weighted by Crippen LogP contribution is -2.28. The Labute approximate surface area is 85.1 Å². The lowest BCUT2D eigenvalue weighted by atomic mass is 9.70. The Bertz CT molecular complexity index is 367. The molecule has 2 atom stereocenters. The molecule has 0 saturated carbocycles. The maximum atomic E-state index is 9.40. The third-order valence-corrected chi connectivity index (χ3v) is 3.44. The van der Waals surface area contributed by atoms with E-state index < -0.39 is 0 Å². The lowest BCUT2D eigenvalue weighted by molar-refractivity contribution is 0.161. The van der Waals surface area contributed by atoms with Crippen molar-refractivity contribution in [2.75, 3.05) is 6.61 Å². The predicted molar refractivity (Wildman–Crippen MR) is 59.1 cm³/mol. The van der Waals surface area contributed by atoms with Crippen LogP contribution in [-0.2, 0) is 0 Å². The van der Waals surface area contributed by atoms with Crippen LogP contribution < -0.4 is 0 Å². The van der Waals surface area contributed by atoms with Crippen LogP contribution in [0.4, 0.5) is 0 Å². The first-order chi connectivity index (χ1) is 6.67. The van der Waals surface area contributed by atoms with Crippen molar-refractivity contribution in [1.29, 1.82) is 0 Å². The number of hydrogen-bond acceptors (Lipinski definition) is 1. The zero-order chi connectivity index (χ0) is 10.2. The molecule has 0 aromatic heterocycles. The summed E-state index contributed by atoms with van der Waals surface area (Å²) in [7, 11) is 0. The molecule has 1 heteroatoms. The SMILES string of the molecule is CC1c2ccccc2C=CC1(C)CO. The minimum atomic E-state index is -0.103. The van der Waals surface area contributed by atoms with Gasteiger partial charge in [-0.2, -0.15) is 0 Å². The van der Waals surface area contributed by atoms with E-state index >= 15 is 0 Å². The summed E-state index contributed by atoms with van der Waals surface area (Å²) in [4.78, 5) is 0. The Morgan fingerprint density at radius 2 is 2.07 bits per heavy atom. The molecule has 1 nitrogen and oxygen atoms in total. The summed E-state index contributed by atoms with van der Waals surface area (Å²) in [6, 6.07) is 8.39. The van der Waals surface area contributed by atoms with Crippen LogP contribution in [0.5, 0.6) is 0 Å². The summed E-state index contributed by atoms with van der Waals surface area (Å²) in [6.07, 6.45) is 4.24. The van der Waals surface area contributed by atoms with Gasteiger partial charge in [0.15, 0.2) is 0 Å². The summed E-state index contributed by atoms with van der Waals surface area (Å²) >= 11 is 0. The topological polar surface area (TPSA) is 20.2 Å². The van der Waals surface area contributed by atoms with E-state index in [-0.39, 0.29) is 12.0 Å². The Balaban J connectivity index is 2.50. The van der Waals surface area contributed by atoms with E-state index in [9.17, 15) is 5.11 Å². The quantitative estimate of drug-likeness (QED) is 0.718. The van der Waals surface area contributed by atoms with Crippen molar-refractivity contribution in [1.82, 2.24) is 0 Å². The van der Waals surface area contributed by atoms with Gasteiger partial charge < -0.3 is 5.11 Å². The number of benzene rings is 1. The summed E-state index contributed by atoms with van der Waals surface area (Å²) < 4.78 is 0. The molecule has 74 valence electrons. The van der Waals surface area contributed by atoms with Crippen molar-refractivity contribution >= 4 is 6.08 Å². The van der Waals surface area contributed by atoms with E-state index in [2.05, 4.69) is 50.3 Å². The van der Waals surface area contributed by atoms with E-state index in [1.165, 1.54) is 11.1 Å². The number of rotatable bonds is 1. The average Bonchev–Trinajstić information content (AvgIpc) is 2.24. The van der Waals surface area contributed by atoms with Crippen LogP contribution in [0.15, 0.2) is 30.3 Å². The van der Waals surface area contributed by atoms with Crippen LogP contribution in [0.1, 0.15) is 30.9 Å². The molecule has 0 aliphatic heterocycles. The molecule has 1 aromatic carbocycles. The number of fused-ring (bicyclic) bond motifs is 1. The highest BCUT2D eigenvalue weighted by Crippen LogP contribution is 2.42. The van der Waals surface area contributed by atoms with E-state index in [0.29, 0.717) is 5.92 Å². The van der Waals surface area contributed by atoms with Crippen molar-refractivity contribution in [3.05, 3.63) is 41.5 Å². The molecule has 0 heterocycles. The smallest absolute Gasteiger partial charge is 0.0525 e. The molecule has 0 spiro atoms. The van der Waals surface area contributed by atoms with Gasteiger partial charge in [-0.05, 0) is 17.0 Å². The number of aliphatic hydroxyl groups is 1. The minimum absolute atomic E-state index is 0.103. The normalized spacial score (nSPS) is 30.1. The molecule has 1 aromatic rings. The standard InChI is InChI=1S/C13H16O/c1-10-12-6-4-3-5-11(12)7-8-13(10,2)9-14/h3-8,10,14H,9H2,1-2H3. The maximum absolute atomic E-state index is 9.40. The first kappa shape index (κ1) is 9.47. The molecule has 14 heavy (non-hydrogen) atoms. The second-order valence-electron chi connectivity index (χ2n) is 4.35. The van der Waals surface area contributed by atoms with Gasteiger partial charge in [-0.3, -0.25) is 0 Å². The van der Waals surface area contributed by atoms with Gasteiger partial charge in [-0.1, -0.05) is 50.3 Å². The second kappa shape index (κ2) is 3.25. The van der Waals surface area contributed by atoms with Gasteiger partial charge in [0.05, 0.1) is 6.61 Å². The zero-order valence-corrected chi connectivity index (χ0v) is 8.70. The molecular weight excluding hydrogens is 172 g/mol. The molecule has 0 radical (unpaired) electrons. The molecule has 0 bridgehead atoms. The molecule has 0 saturated heterocycles. The highest BCUT2D eigenvalue weighted by atomic mass is 16.3. The summed E-state index contributed by atoms with van der Waals surface area (Å²) in [6.45, 7) is 4.49. The molecule has 1 N–H and O–H groups in total. The molecule has 1 aliphatic carbocycles. The van der Waals surface area contributed by atoms with Gasteiger partial charge >= 0.3 is 0 Å². The zero-order valence-electron chi connectivity index (χ0n) is 8.70. The van der Waals surface area contributed by atoms with Gasteiger partial charge in [0.2, 0.25) is 0 Å². The number of hydrogen-bond donors (Lipinski definition) is 1. The summed E-state index contributed by atoms with van der Waals surface area (Å²) in [5.41, 5.74) is 2.52. The molecule has 0 amide bonds. The van der Waals surface area contributed by atoms with Crippen LogP contribution in [-0.4, -0.2) is 11.7 Å². The third-order valence-electron chi connectivity index (χ3n) is 3.44. The van der Waals surface area contributed by atoms with Gasteiger partial charge in [0.25, 0.3) is 0 Å². The van der Waals surface area contributed by atoms with Crippen LogP contribution in [0.2, 0.25) is 0 Å². The molecular formula is C13H16O. The van der Waals surface area contributed by atoms with Gasteiger partial charge in [-0.25, -0.2) is 0 Å². The number of aliphatic hydroxyl groups excluding tert-OH is 1. The van der Waals surface area contributed by atoms with Crippen molar-refractivity contribution in [3.63, 3.8) is 0 Å². The first-order valence-corrected chi connectivity index (χ1v) is 5.06. The molecule has 1 aliphatic rings. The highest BCUT2D eigenvalue weighted by molar-refractivity contribution is 5.59. The minimum Gasteiger partial charge on any atom is -0.395 e. The first-order valence-electron chi connectivity index (χ1n) is 5.06. The largest absolute Gasteiger partial charge is 0.395 e. The molecule has 2 rings (SSSR count). The van der Waals surface area contributed by atoms with Crippen LogP contribution in [0, 0.1) is 5.41 Å². The second-order valence-corrected chi connectivity index (χ2v) is 4.35. The fourth-order valence-electron chi connectivity index (χ4n) is 2.03. The van der Waals surface area contributed by atoms with Gasteiger partial charge in [-0.15, -0.1) is 0 Å². The van der Waals surface area contributed by atoms with Gasteiger partial charge in [0.1, 0.15) is 0 Å². The van der Waals surface area contributed by atoms with Crippen LogP contribution >= 0.6 is 0 Å². The molecule has 2 unspecified atom stereocenters. The van der Waals surface area contributed by atoms with Crippen molar-refractivity contribution in [2.45, 2.75) is 19.8 Å². The third kappa shape index (κ3) is 1.28. The maximum Gasteiger partial charge on any atom is 0.0525 e. The van der Waals surface area contributed by atoms with E-state index in [0.717, 1.165) is 0 Å².